The lowest BCUT2D eigenvalue weighted by Gasteiger charge is -2.11. The second-order valence-corrected chi connectivity index (χ2v) is 4.98. The Morgan fingerprint density at radius 2 is 1.89 bits per heavy atom. The highest BCUT2D eigenvalue weighted by atomic mass is 35.5. The van der Waals surface area contributed by atoms with Crippen LogP contribution in [0.25, 0.3) is 0 Å². The standard InChI is InChI=1S/C16H14ClFO/c1-11(16(19)12-5-3-2-4-6-12)9-13-7-8-14(18)10-15(13)17/h2-8,10-11H,9H2,1H3. The number of carbonyl (C=O) groups is 1. The topological polar surface area (TPSA) is 17.1 Å². The van der Waals surface area contributed by atoms with E-state index in [4.69, 9.17) is 11.6 Å². The molecule has 0 saturated heterocycles. The molecule has 0 bridgehead atoms. The molecule has 19 heavy (non-hydrogen) atoms. The summed E-state index contributed by atoms with van der Waals surface area (Å²) in [5.41, 5.74) is 1.48. The Labute approximate surface area is 117 Å². The molecule has 2 rings (SSSR count). The summed E-state index contributed by atoms with van der Waals surface area (Å²) in [6.07, 6.45) is 0.507. The van der Waals surface area contributed by atoms with Crippen molar-refractivity contribution in [2.24, 2.45) is 5.92 Å². The Morgan fingerprint density at radius 1 is 1.21 bits per heavy atom. The lowest BCUT2D eigenvalue weighted by atomic mass is 9.93. The van der Waals surface area contributed by atoms with Crippen LogP contribution < -0.4 is 0 Å². The fraction of sp³-hybridized carbons (Fsp3) is 0.188. The van der Waals surface area contributed by atoms with Gasteiger partial charge in [0.15, 0.2) is 5.78 Å². The maximum absolute atomic E-state index is 13.0. The largest absolute Gasteiger partial charge is 0.294 e. The molecule has 0 aliphatic rings. The van der Waals surface area contributed by atoms with E-state index in [1.165, 1.54) is 12.1 Å². The van der Waals surface area contributed by atoms with Crippen molar-refractivity contribution in [2.75, 3.05) is 0 Å². The van der Waals surface area contributed by atoms with E-state index >= 15 is 0 Å². The lowest BCUT2D eigenvalue weighted by Crippen LogP contribution is -2.14. The SMILES string of the molecule is CC(Cc1ccc(F)cc1Cl)C(=O)c1ccccc1. The molecule has 0 radical (unpaired) electrons. The lowest BCUT2D eigenvalue weighted by molar-refractivity contribution is 0.0929. The van der Waals surface area contributed by atoms with Crippen LogP contribution in [0.15, 0.2) is 48.5 Å². The summed E-state index contributed by atoms with van der Waals surface area (Å²) in [5, 5.41) is 0.368. The van der Waals surface area contributed by atoms with Crippen molar-refractivity contribution in [3.05, 3.63) is 70.5 Å². The molecule has 0 aromatic heterocycles. The van der Waals surface area contributed by atoms with Crippen LogP contribution in [-0.4, -0.2) is 5.78 Å². The quantitative estimate of drug-likeness (QED) is 0.749. The van der Waals surface area contributed by atoms with Crippen LogP contribution in [0, 0.1) is 11.7 Å². The molecule has 1 nitrogen and oxygen atoms in total. The molecular formula is C16H14ClFO. The summed E-state index contributed by atoms with van der Waals surface area (Å²) in [6, 6.07) is 13.4. The molecule has 0 saturated carbocycles. The van der Waals surface area contributed by atoms with Crippen molar-refractivity contribution < 1.29 is 9.18 Å². The van der Waals surface area contributed by atoms with Crippen molar-refractivity contribution in [1.29, 1.82) is 0 Å². The van der Waals surface area contributed by atoms with E-state index in [0.29, 0.717) is 17.0 Å². The van der Waals surface area contributed by atoms with E-state index in [1.54, 1.807) is 18.2 Å². The minimum absolute atomic E-state index is 0.0704. The van der Waals surface area contributed by atoms with Crippen LogP contribution in [0.5, 0.6) is 0 Å². The van der Waals surface area contributed by atoms with Crippen molar-refractivity contribution in [3.63, 3.8) is 0 Å². The van der Waals surface area contributed by atoms with Gasteiger partial charge in [-0.25, -0.2) is 4.39 Å². The first-order chi connectivity index (χ1) is 9.08. The summed E-state index contributed by atoms with van der Waals surface area (Å²) in [4.78, 5) is 12.2. The number of hydrogen-bond acceptors (Lipinski definition) is 1. The summed E-state index contributed by atoms with van der Waals surface area (Å²) in [5.74, 6) is -0.484. The Morgan fingerprint density at radius 3 is 2.53 bits per heavy atom. The molecule has 0 N–H and O–H groups in total. The molecule has 3 heteroatoms. The minimum atomic E-state index is -0.365. The van der Waals surface area contributed by atoms with E-state index in [9.17, 15) is 9.18 Å². The van der Waals surface area contributed by atoms with Gasteiger partial charge in [0.05, 0.1) is 0 Å². The van der Waals surface area contributed by atoms with Crippen molar-refractivity contribution in [1.82, 2.24) is 0 Å². The smallest absolute Gasteiger partial charge is 0.165 e. The van der Waals surface area contributed by atoms with Crippen LogP contribution in [0.2, 0.25) is 5.02 Å². The summed E-state index contributed by atoms with van der Waals surface area (Å²) in [7, 11) is 0. The molecule has 0 fully saturated rings. The molecule has 1 atom stereocenters. The predicted molar refractivity (Wildman–Crippen MR) is 75.1 cm³/mol. The molecule has 0 aliphatic heterocycles. The molecular weight excluding hydrogens is 263 g/mol. The van der Waals surface area contributed by atoms with Crippen molar-refractivity contribution >= 4 is 17.4 Å². The van der Waals surface area contributed by atoms with Gasteiger partial charge in [-0.05, 0) is 24.1 Å². The average molecular weight is 277 g/mol. The van der Waals surface area contributed by atoms with E-state index < -0.39 is 0 Å². The molecule has 98 valence electrons. The number of benzene rings is 2. The molecule has 2 aromatic carbocycles. The summed E-state index contributed by atoms with van der Waals surface area (Å²) >= 11 is 5.97. The second-order valence-electron chi connectivity index (χ2n) is 4.57. The van der Waals surface area contributed by atoms with E-state index in [2.05, 4.69) is 0 Å². The van der Waals surface area contributed by atoms with Crippen LogP contribution in [0.1, 0.15) is 22.8 Å². The van der Waals surface area contributed by atoms with Gasteiger partial charge in [-0.3, -0.25) is 4.79 Å². The second kappa shape index (κ2) is 5.98. The third kappa shape index (κ3) is 3.42. The Bertz CT molecular complexity index is 581. The van der Waals surface area contributed by atoms with Gasteiger partial charge in [0.2, 0.25) is 0 Å². The number of hydrogen-bond donors (Lipinski definition) is 0. The minimum Gasteiger partial charge on any atom is -0.294 e. The average Bonchev–Trinajstić information content (AvgIpc) is 2.42. The maximum atomic E-state index is 13.0. The zero-order valence-corrected chi connectivity index (χ0v) is 11.3. The third-order valence-corrected chi connectivity index (χ3v) is 3.40. The van der Waals surface area contributed by atoms with Crippen molar-refractivity contribution in [3.8, 4) is 0 Å². The molecule has 1 unspecified atom stereocenters. The number of halogens is 2. The first-order valence-corrected chi connectivity index (χ1v) is 6.49. The van der Waals surface area contributed by atoms with Gasteiger partial charge in [0.25, 0.3) is 0 Å². The van der Waals surface area contributed by atoms with E-state index in [1.807, 2.05) is 25.1 Å². The molecule has 0 amide bonds. The molecule has 0 spiro atoms. The molecule has 0 heterocycles. The summed E-state index contributed by atoms with van der Waals surface area (Å²) in [6.45, 7) is 1.86. The maximum Gasteiger partial charge on any atom is 0.165 e. The van der Waals surface area contributed by atoms with Gasteiger partial charge >= 0.3 is 0 Å². The van der Waals surface area contributed by atoms with Gasteiger partial charge in [-0.15, -0.1) is 0 Å². The van der Waals surface area contributed by atoms with Crippen LogP contribution in [0.4, 0.5) is 4.39 Å². The fourth-order valence-corrected chi connectivity index (χ4v) is 2.24. The fourth-order valence-electron chi connectivity index (χ4n) is 2.00. The zero-order chi connectivity index (χ0) is 13.8. The zero-order valence-electron chi connectivity index (χ0n) is 10.6. The highest BCUT2D eigenvalue weighted by Crippen LogP contribution is 2.22. The Kier molecular flexibility index (Phi) is 4.33. The third-order valence-electron chi connectivity index (χ3n) is 3.05. The van der Waals surface area contributed by atoms with Gasteiger partial charge in [-0.2, -0.15) is 0 Å². The molecule has 0 aliphatic carbocycles. The first-order valence-electron chi connectivity index (χ1n) is 6.11. The summed E-state index contributed by atoms with van der Waals surface area (Å²) < 4.78 is 13.0. The Balaban J connectivity index is 2.13. The van der Waals surface area contributed by atoms with Gasteiger partial charge in [0.1, 0.15) is 5.82 Å². The first kappa shape index (κ1) is 13.8. The van der Waals surface area contributed by atoms with Crippen LogP contribution in [-0.2, 0) is 6.42 Å². The highest BCUT2D eigenvalue weighted by Gasteiger charge is 2.16. The van der Waals surface area contributed by atoms with E-state index in [0.717, 1.165) is 5.56 Å². The number of ketones is 1. The number of Topliss-reactive ketones (excluding diaryl/α,β-unsaturated/α-hetero) is 1. The monoisotopic (exact) mass is 276 g/mol. The molecule has 2 aromatic rings. The van der Waals surface area contributed by atoms with Gasteiger partial charge in [0, 0.05) is 16.5 Å². The number of carbonyl (C=O) groups excluding carboxylic acids is 1. The van der Waals surface area contributed by atoms with Gasteiger partial charge < -0.3 is 0 Å². The van der Waals surface area contributed by atoms with Crippen molar-refractivity contribution in [2.45, 2.75) is 13.3 Å². The Hall–Kier alpha value is -1.67. The van der Waals surface area contributed by atoms with Crippen LogP contribution >= 0.6 is 11.6 Å². The number of rotatable bonds is 4. The predicted octanol–water partition coefficient (Wildman–Crippen LogP) is 4.54. The van der Waals surface area contributed by atoms with Crippen LogP contribution in [0.3, 0.4) is 0 Å². The van der Waals surface area contributed by atoms with E-state index in [-0.39, 0.29) is 17.5 Å². The van der Waals surface area contributed by atoms with Gasteiger partial charge in [-0.1, -0.05) is 54.9 Å². The highest BCUT2D eigenvalue weighted by molar-refractivity contribution is 6.31. The normalized spacial score (nSPS) is 12.2.